The molecule has 6 heteroatoms. The second-order valence-corrected chi connectivity index (χ2v) is 4.23. The number of benzene rings is 1. The zero-order valence-corrected chi connectivity index (χ0v) is 8.71. The van der Waals surface area contributed by atoms with Gasteiger partial charge in [0, 0.05) is 6.04 Å². The number of fused-ring (bicyclic) bond motifs is 1. The van der Waals surface area contributed by atoms with Crippen molar-refractivity contribution in [1.29, 1.82) is 0 Å². The van der Waals surface area contributed by atoms with E-state index in [1.807, 2.05) is 0 Å². The maximum Gasteiger partial charge on any atom is 0.418 e. The minimum absolute atomic E-state index is 0.0208. The highest BCUT2D eigenvalue weighted by Crippen LogP contribution is 2.40. The minimum atomic E-state index is -4.44. The molecule has 0 aliphatic heterocycles. The number of rotatable bonds is 1. The lowest BCUT2D eigenvalue weighted by atomic mass is 10.1. The molecule has 3 nitrogen and oxygen atoms in total. The first-order valence-electron chi connectivity index (χ1n) is 5.29. The molecule has 0 atom stereocenters. The van der Waals surface area contributed by atoms with Crippen LogP contribution in [0.4, 0.5) is 13.2 Å². The summed E-state index contributed by atoms with van der Waals surface area (Å²) in [7, 11) is 0. The summed E-state index contributed by atoms with van der Waals surface area (Å²) in [6.45, 7) is 0. The zero-order chi connectivity index (χ0) is 12.2. The van der Waals surface area contributed by atoms with Crippen molar-refractivity contribution in [2.75, 3.05) is 0 Å². The molecule has 0 unspecified atom stereocenters. The van der Waals surface area contributed by atoms with E-state index in [4.69, 9.17) is 0 Å². The molecule has 1 aliphatic rings. The van der Waals surface area contributed by atoms with E-state index in [2.05, 4.69) is 4.98 Å². The first-order chi connectivity index (χ1) is 7.98. The Balaban J connectivity index is 2.40. The Bertz CT molecular complexity index is 634. The van der Waals surface area contributed by atoms with Crippen molar-refractivity contribution in [2.45, 2.75) is 25.1 Å². The number of H-pyrrole nitrogens is 1. The molecule has 1 fully saturated rings. The molecule has 0 bridgehead atoms. The van der Waals surface area contributed by atoms with Crippen LogP contribution in [-0.2, 0) is 6.18 Å². The van der Waals surface area contributed by atoms with E-state index in [-0.39, 0.29) is 17.1 Å². The van der Waals surface area contributed by atoms with Gasteiger partial charge in [0.15, 0.2) is 0 Å². The number of nitrogens with one attached hydrogen (secondary N) is 1. The third-order valence-electron chi connectivity index (χ3n) is 2.95. The Labute approximate surface area is 93.9 Å². The van der Waals surface area contributed by atoms with Crippen LogP contribution in [0.3, 0.4) is 0 Å². The molecular weight excluding hydrogens is 233 g/mol. The molecule has 1 saturated carbocycles. The molecule has 1 aromatic carbocycles. The maximum absolute atomic E-state index is 12.9. The minimum Gasteiger partial charge on any atom is -0.306 e. The van der Waals surface area contributed by atoms with Crippen LogP contribution in [-0.4, -0.2) is 9.55 Å². The molecule has 2 aromatic rings. The molecule has 3 rings (SSSR count). The van der Waals surface area contributed by atoms with Gasteiger partial charge in [-0.2, -0.15) is 13.2 Å². The second kappa shape index (κ2) is 3.15. The molecule has 1 heterocycles. The van der Waals surface area contributed by atoms with Gasteiger partial charge >= 0.3 is 11.9 Å². The van der Waals surface area contributed by atoms with Gasteiger partial charge in [-0.25, -0.2) is 4.79 Å². The number of imidazole rings is 1. The number of aromatic amines is 1. The van der Waals surface area contributed by atoms with Crippen LogP contribution < -0.4 is 5.69 Å². The highest BCUT2D eigenvalue weighted by molar-refractivity contribution is 5.80. The van der Waals surface area contributed by atoms with Crippen LogP contribution in [0.5, 0.6) is 0 Å². The van der Waals surface area contributed by atoms with Gasteiger partial charge in [-0.15, -0.1) is 0 Å². The molecule has 0 amide bonds. The van der Waals surface area contributed by atoms with Gasteiger partial charge in [0.25, 0.3) is 0 Å². The second-order valence-electron chi connectivity index (χ2n) is 4.23. The van der Waals surface area contributed by atoms with E-state index in [0.29, 0.717) is 0 Å². The SMILES string of the molecule is O=c1[nH]c2cccc(C(F)(F)F)c2n1C1CC1. The number of hydrogen-bond acceptors (Lipinski definition) is 1. The first-order valence-corrected chi connectivity index (χ1v) is 5.29. The van der Waals surface area contributed by atoms with Crippen molar-refractivity contribution in [2.24, 2.45) is 0 Å². The van der Waals surface area contributed by atoms with Gasteiger partial charge in [-0.3, -0.25) is 4.57 Å². The smallest absolute Gasteiger partial charge is 0.306 e. The third-order valence-corrected chi connectivity index (χ3v) is 2.95. The van der Waals surface area contributed by atoms with Crippen molar-refractivity contribution >= 4 is 11.0 Å². The topological polar surface area (TPSA) is 37.8 Å². The average Bonchev–Trinajstić information content (AvgIpc) is 2.98. The fraction of sp³-hybridized carbons (Fsp3) is 0.364. The quantitative estimate of drug-likeness (QED) is 0.820. The van der Waals surface area contributed by atoms with E-state index in [1.54, 1.807) is 0 Å². The molecular formula is C11H9F3N2O. The Kier molecular flexibility index (Phi) is 1.93. The van der Waals surface area contributed by atoms with E-state index in [0.717, 1.165) is 18.9 Å². The number of nitrogens with zero attached hydrogens (tertiary/aromatic N) is 1. The molecule has 17 heavy (non-hydrogen) atoms. The van der Waals surface area contributed by atoms with Crippen LogP contribution in [0.2, 0.25) is 0 Å². The summed E-state index contributed by atoms with van der Waals surface area (Å²) >= 11 is 0. The van der Waals surface area contributed by atoms with E-state index in [9.17, 15) is 18.0 Å². The highest BCUT2D eigenvalue weighted by Gasteiger charge is 2.36. The highest BCUT2D eigenvalue weighted by atomic mass is 19.4. The van der Waals surface area contributed by atoms with Crippen LogP contribution in [0, 0.1) is 0 Å². The maximum atomic E-state index is 12.9. The lowest BCUT2D eigenvalue weighted by Crippen LogP contribution is -2.17. The largest absolute Gasteiger partial charge is 0.418 e. The van der Waals surface area contributed by atoms with Crippen molar-refractivity contribution in [1.82, 2.24) is 9.55 Å². The van der Waals surface area contributed by atoms with E-state index < -0.39 is 17.4 Å². The van der Waals surface area contributed by atoms with Crippen LogP contribution in [0.25, 0.3) is 11.0 Å². The summed E-state index contributed by atoms with van der Waals surface area (Å²) in [5.41, 5.74) is -0.983. The molecule has 0 saturated heterocycles. The van der Waals surface area contributed by atoms with Crippen molar-refractivity contribution < 1.29 is 13.2 Å². The zero-order valence-electron chi connectivity index (χ0n) is 8.71. The molecule has 0 radical (unpaired) electrons. The van der Waals surface area contributed by atoms with Gasteiger partial charge in [0.1, 0.15) is 0 Å². The lowest BCUT2D eigenvalue weighted by Gasteiger charge is -2.10. The van der Waals surface area contributed by atoms with Gasteiger partial charge in [-0.1, -0.05) is 6.07 Å². The molecule has 1 N–H and O–H groups in total. The number of hydrogen-bond donors (Lipinski definition) is 1. The van der Waals surface area contributed by atoms with E-state index in [1.165, 1.54) is 16.7 Å². The monoisotopic (exact) mass is 242 g/mol. The standard InChI is InChI=1S/C11H9F3N2O/c12-11(13,14)7-2-1-3-8-9(7)16(6-4-5-6)10(17)15-8/h1-3,6H,4-5H2,(H,15,17). The van der Waals surface area contributed by atoms with Crippen LogP contribution in [0.1, 0.15) is 24.4 Å². The molecule has 1 aromatic heterocycles. The summed E-state index contributed by atoms with van der Waals surface area (Å²) in [6, 6.07) is 3.72. The van der Waals surface area contributed by atoms with E-state index >= 15 is 0 Å². The Hall–Kier alpha value is -1.72. The normalized spacial score (nSPS) is 16.6. The summed E-state index contributed by atoms with van der Waals surface area (Å²) in [6.07, 6.45) is -2.91. The van der Waals surface area contributed by atoms with Gasteiger partial charge in [0.2, 0.25) is 0 Å². The van der Waals surface area contributed by atoms with Crippen molar-refractivity contribution in [3.05, 3.63) is 34.2 Å². The van der Waals surface area contributed by atoms with Crippen LogP contribution in [0.15, 0.2) is 23.0 Å². The molecule has 90 valence electrons. The number of para-hydroxylation sites is 1. The summed E-state index contributed by atoms with van der Waals surface area (Å²) in [5, 5.41) is 0. The Morgan fingerprint density at radius 1 is 1.29 bits per heavy atom. The summed E-state index contributed by atoms with van der Waals surface area (Å²) in [5.74, 6) is 0. The van der Waals surface area contributed by atoms with Crippen LogP contribution >= 0.6 is 0 Å². The fourth-order valence-electron chi connectivity index (χ4n) is 2.09. The average molecular weight is 242 g/mol. The predicted octanol–water partition coefficient (Wildman–Crippen LogP) is 2.68. The van der Waals surface area contributed by atoms with Crippen molar-refractivity contribution in [3.63, 3.8) is 0 Å². The molecule has 1 aliphatic carbocycles. The number of alkyl halides is 3. The van der Waals surface area contributed by atoms with Gasteiger partial charge < -0.3 is 4.98 Å². The first kappa shape index (κ1) is 10.4. The third kappa shape index (κ3) is 1.55. The number of aromatic nitrogens is 2. The van der Waals surface area contributed by atoms with Crippen molar-refractivity contribution in [3.8, 4) is 0 Å². The van der Waals surface area contributed by atoms with Gasteiger partial charge in [0.05, 0.1) is 16.6 Å². The summed E-state index contributed by atoms with van der Waals surface area (Å²) in [4.78, 5) is 14.1. The lowest BCUT2D eigenvalue weighted by molar-refractivity contribution is -0.136. The predicted molar refractivity (Wildman–Crippen MR) is 55.8 cm³/mol. The number of halogens is 3. The van der Waals surface area contributed by atoms with Gasteiger partial charge in [-0.05, 0) is 25.0 Å². The summed E-state index contributed by atoms with van der Waals surface area (Å²) < 4.78 is 39.8. The fourth-order valence-corrected chi connectivity index (χ4v) is 2.09. The molecule has 0 spiro atoms. The Morgan fingerprint density at radius 3 is 2.59 bits per heavy atom. The Morgan fingerprint density at radius 2 is 2.00 bits per heavy atom.